The van der Waals surface area contributed by atoms with E-state index in [0.29, 0.717) is 96.3 Å². The van der Waals surface area contributed by atoms with Gasteiger partial charge in [0.25, 0.3) is 0 Å². The van der Waals surface area contributed by atoms with Crippen molar-refractivity contribution in [3.63, 3.8) is 0 Å². The molecule has 0 aromatic heterocycles. The Balaban J connectivity index is 0. The molecular weight excluding hydrogens is 929 g/mol. The van der Waals surface area contributed by atoms with Gasteiger partial charge in [0, 0.05) is 51.2 Å². The number of aldehydes is 1. The van der Waals surface area contributed by atoms with Gasteiger partial charge in [-0.25, -0.2) is 0 Å². The molecule has 0 heterocycles. The molecule has 2 aromatic rings. The summed E-state index contributed by atoms with van der Waals surface area (Å²) in [5.74, 6) is 5.47. The van der Waals surface area contributed by atoms with Crippen molar-refractivity contribution in [3.05, 3.63) is 57.6 Å². The summed E-state index contributed by atoms with van der Waals surface area (Å²) < 4.78 is 32.8. The standard InChI is InChI=1S/C27H48O5S4.C15H22O2.C6H14O2S2.H2O/c1-26(2,3)22-19-21(20-23(24(22)28)27(4,5)6)25(35-17-13-31-9-7-29-11-15-33)36-18-14-32-10-8-30-12-16-34;1-14(2,3)11-7-10(9-16)8-12(13(11)17)15(4,5)6;9-5-3-7-1-2-8-4-6-10;/h19-20,25,28,33-34H,7-18H2,1-6H3;7-9,17H,1-6H3;9-10H,1-6H2;1H2. The number of thiol groups is 4. The van der Waals surface area contributed by atoms with Crippen molar-refractivity contribution < 1.29 is 48.9 Å². The highest BCUT2D eigenvalue weighted by atomic mass is 32.2. The number of phenols is 2. The molecule has 64 heavy (non-hydrogen) atoms. The van der Waals surface area contributed by atoms with Gasteiger partial charge in [0.15, 0.2) is 0 Å². The first-order valence-corrected chi connectivity index (χ1v) is 26.5. The number of hydrogen-bond donors (Lipinski definition) is 6. The second-order valence-electron chi connectivity index (χ2n) is 18.7. The van der Waals surface area contributed by atoms with E-state index in [4.69, 9.17) is 28.4 Å². The Hall–Kier alpha value is -0.470. The zero-order valence-electron chi connectivity index (χ0n) is 41.0. The molecule has 0 aliphatic rings. The Bertz CT molecular complexity index is 1410. The molecule has 2 rings (SSSR count). The largest absolute Gasteiger partial charge is 0.507 e. The second-order valence-corrected chi connectivity index (χ2v) is 23.2. The van der Waals surface area contributed by atoms with Crippen LogP contribution in [0.3, 0.4) is 0 Å². The van der Waals surface area contributed by atoms with E-state index in [1.54, 1.807) is 12.1 Å². The summed E-state index contributed by atoms with van der Waals surface area (Å²) in [6.07, 6.45) is 0.837. The molecule has 0 amide bonds. The van der Waals surface area contributed by atoms with Gasteiger partial charge < -0.3 is 44.1 Å². The Morgan fingerprint density at radius 3 is 0.953 bits per heavy atom. The number of thioether (sulfide) groups is 2. The summed E-state index contributed by atoms with van der Waals surface area (Å²) in [6, 6.07) is 7.93. The van der Waals surface area contributed by atoms with Crippen LogP contribution < -0.4 is 0 Å². The van der Waals surface area contributed by atoms with Crippen molar-refractivity contribution in [2.24, 2.45) is 0 Å². The van der Waals surface area contributed by atoms with Crippen LogP contribution in [0.15, 0.2) is 24.3 Å². The fourth-order valence-corrected chi connectivity index (χ4v) is 8.69. The molecule has 0 spiro atoms. The maximum atomic E-state index is 11.1. The summed E-state index contributed by atoms with van der Waals surface area (Å²) in [6.45, 7) is 32.8. The molecule has 0 bridgehead atoms. The Morgan fingerprint density at radius 1 is 0.469 bits per heavy atom. The average Bonchev–Trinajstić information content (AvgIpc) is 3.19. The number of aromatic hydroxyl groups is 2. The maximum Gasteiger partial charge on any atom is 0.150 e. The monoisotopic (exact) mass is 1010 g/mol. The van der Waals surface area contributed by atoms with Crippen LogP contribution in [0.2, 0.25) is 0 Å². The minimum atomic E-state index is -0.177. The van der Waals surface area contributed by atoms with Crippen LogP contribution in [0.25, 0.3) is 0 Å². The van der Waals surface area contributed by atoms with Crippen LogP contribution in [0.4, 0.5) is 0 Å². The summed E-state index contributed by atoms with van der Waals surface area (Å²) in [5.41, 5.74) is 4.81. The summed E-state index contributed by atoms with van der Waals surface area (Å²) in [7, 11) is 0. The lowest BCUT2D eigenvalue weighted by Crippen LogP contribution is -2.18. The lowest BCUT2D eigenvalue weighted by atomic mass is 9.78. The number of ether oxygens (including phenoxy) is 6. The highest BCUT2D eigenvalue weighted by molar-refractivity contribution is 8.16. The predicted octanol–water partition coefficient (Wildman–Crippen LogP) is 10.2. The van der Waals surface area contributed by atoms with Crippen LogP contribution in [-0.2, 0) is 50.1 Å². The van der Waals surface area contributed by atoms with Gasteiger partial charge in [-0.2, -0.15) is 50.5 Å². The minimum absolute atomic E-state index is 0. The summed E-state index contributed by atoms with van der Waals surface area (Å²) in [4.78, 5) is 11.0. The van der Waals surface area contributed by atoms with Crippen molar-refractivity contribution in [2.45, 2.75) is 109 Å². The van der Waals surface area contributed by atoms with Crippen LogP contribution in [0.1, 0.15) is 126 Å². The zero-order valence-corrected chi connectivity index (χ0v) is 46.3. The molecule has 16 heteroatoms. The Morgan fingerprint density at radius 2 is 0.719 bits per heavy atom. The van der Waals surface area contributed by atoms with E-state index in [1.807, 2.05) is 65.1 Å². The van der Waals surface area contributed by atoms with Gasteiger partial charge in [-0.05, 0) is 62.6 Å². The molecule has 0 aliphatic heterocycles. The third-order valence-corrected chi connectivity index (χ3v) is 12.5. The third-order valence-electron chi connectivity index (χ3n) is 8.96. The van der Waals surface area contributed by atoms with Gasteiger partial charge in [0.2, 0.25) is 0 Å². The molecule has 10 nitrogen and oxygen atoms in total. The van der Waals surface area contributed by atoms with Gasteiger partial charge in [-0.1, -0.05) is 83.1 Å². The van der Waals surface area contributed by atoms with E-state index >= 15 is 0 Å². The van der Waals surface area contributed by atoms with Gasteiger partial charge in [0.05, 0.1) is 83.9 Å². The van der Waals surface area contributed by atoms with E-state index in [9.17, 15) is 15.0 Å². The average molecular weight is 1020 g/mol. The van der Waals surface area contributed by atoms with Crippen molar-refractivity contribution in [2.75, 3.05) is 114 Å². The van der Waals surface area contributed by atoms with Crippen LogP contribution in [-0.4, -0.2) is 136 Å². The minimum Gasteiger partial charge on any atom is -0.507 e. The molecule has 0 atom stereocenters. The van der Waals surface area contributed by atoms with E-state index in [0.717, 1.165) is 63.1 Å². The van der Waals surface area contributed by atoms with Crippen molar-refractivity contribution in [1.29, 1.82) is 0 Å². The molecule has 374 valence electrons. The molecule has 0 aliphatic carbocycles. The molecule has 2 aromatic carbocycles. The number of carbonyl (C=O) groups excluding carboxylic acids is 1. The number of carbonyl (C=O) groups is 1. The normalized spacial score (nSPS) is 12.0. The molecule has 0 radical (unpaired) electrons. The fourth-order valence-electron chi connectivity index (χ4n) is 5.70. The topological polar surface area (TPSA) is 144 Å². The number of rotatable bonds is 27. The SMILES string of the molecule is CC(C)(C)c1cc(C(SCCOCCOCCS)SCCOCCOCCS)cc(C(C)(C)C)c1O.CC(C)(C)c1cc(C=O)cc(C(C)(C)C)c1O.O.SCCOCCOCCS. The van der Waals surface area contributed by atoms with Crippen molar-refractivity contribution in [3.8, 4) is 11.5 Å². The lowest BCUT2D eigenvalue weighted by Gasteiger charge is -2.30. The van der Waals surface area contributed by atoms with Crippen LogP contribution in [0.5, 0.6) is 11.5 Å². The predicted molar refractivity (Wildman–Crippen MR) is 288 cm³/mol. The van der Waals surface area contributed by atoms with E-state index in [2.05, 4.69) is 104 Å². The van der Waals surface area contributed by atoms with Gasteiger partial charge in [0.1, 0.15) is 17.8 Å². The molecule has 0 fully saturated rings. The van der Waals surface area contributed by atoms with Gasteiger partial charge in [-0.3, -0.25) is 4.79 Å². The molecule has 4 N–H and O–H groups in total. The first-order valence-electron chi connectivity index (χ1n) is 21.8. The summed E-state index contributed by atoms with van der Waals surface area (Å²) >= 11 is 20.0. The number of benzene rings is 2. The summed E-state index contributed by atoms with van der Waals surface area (Å²) in [5, 5.41) is 21.5. The third kappa shape index (κ3) is 28.8. The Labute approximate surface area is 418 Å². The molecule has 0 unspecified atom stereocenters. The fraction of sp³-hybridized carbons (Fsp3) is 0.729. The van der Waals surface area contributed by atoms with Crippen LogP contribution in [0, 0.1) is 0 Å². The smallest absolute Gasteiger partial charge is 0.150 e. The van der Waals surface area contributed by atoms with Crippen molar-refractivity contribution in [1.82, 2.24) is 0 Å². The van der Waals surface area contributed by atoms with Gasteiger partial charge in [-0.15, -0.1) is 23.5 Å². The lowest BCUT2D eigenvalue weighted by molar-refractivity contribution is 0.0605. The molecule has 0 saturated heterocycles. The Kier molecular flexibility index (Phi) is 36.5. The first-order chi connectivity index (χ1) is 29.5. The molecule has 0 saturated carbocycles. The number of phenolic OH excluding ortho intramolecular Hbond substituents is 2. The van der Waals surface area contributed by atoms with E-state index in [1.165, 1.54) is 5.56 Å². The van der Waals surface area contributed by atoms with E-state index < -0.39 is 0 Å². The number of hydrogen-bond acceptors (Lipinski definition) is 15. The zero-order chi connectivity index (χ0) is 48.1. The van der Waals surface area contributed by atoms with E-state index in [-0.39, 0.29) is 31.7 Å². The maximum absolute atomic E-state index is 11.1. The first kappa shape index (κ1) is 65.6. The van der Waals surface area contributed by atoms with Gasteiger partial charge >= 0.3 is 0 Å². The highest BCUT2D eigenvalue weighted by Gasteiger charge is 2.29. The van der Waals surface area contributed by atoms with Crippen molar-refractivity contribution >= 4 is 80.3 Å². The van der Waals surface area contributed by atoms with Crippen LogP contribution >= 0.6 is 74.0 Å². The highest BCUT2D eigenvalue weighted by Crippen LogP contribution is 2.46. The second kappa shape index (κ2) is 35.6. The quantitative estimate of drug-likeness (QED) is 0.0220. The molecular formula is C48H86O10S6.